The molecule has 2 rings (SSSR count). The van der Waals surface area contributed by atoms with E-state index in [-0.39, 0.29) is 5.82 Å². The molecule has 100 valence electrons. The van der Waals surface area contributed by atoms with Crippen LogP contribution in [-0.2, 0) is 6.54 Å². The van der Waals surface area contributed by atoms with Gasteiger partial charge in [-0.25, -0.2) is 4.39 Å². The maximum absolute atomic E-state index is 13.5. The second-order valence-corrected chi connectivity index (χ2v) is 5.31. The van der Waals surface area contributed by atoms with Crippen LogP contribution in [0.25, 0.3) is 11.1 Å². The molecule has 2 aromatic carbocycles. The molecule has 0 aliphatic heterocycles. The Morgan fingerprint density at radius 2 is 1.89 bits per heavy atom. The van der Waals surface area contributed by atoms with Gasteiger partial charge in [-0.2, -0.15) is 0 Å². The fourth-order valence-electron chi connectivity index (χ4n) is 2.03. The van der Waals surface area contributed by atoms with Crippen LogP contribution in [0.4, 0.5) is 4.39 Å². The summed E-state index contributed by atoms with van der Waals surface area (Å²) in [4.78, 5) is 0. The van der Waals surface area contributed by atoms with Crippen molar-refractivity contribution in [3.63, 3.8) is 0 Å². The van der Waals surface area contributed by atoms with Crippen LogP contribution in [0, 0.1) is 5.82 Å². The molecule has 0 amide bonds. The van der Waals surface area contributed by atoms with Gasteiger partial charge in [-0.15, -0.1) is 0 Å². The summed E-state index contributed by atoms with van der Waals surface area (Å²) < 4.78 is 14.5. The fourth-order valence-corrected chi connectivity index (χ4v) is 2.53. The lowest BCUT2D eigenvalue weighted by atomic mass is 9.99. The van der Waals surface area contributed by atoms with Crippen LogP contribution >= 0.6 is 15.9 Å². The van der Waals surface area contributed by atoms with Gasteiger partial charge in [-0.05, 0) is 47.9 Å². The zero-order chi connectivity index (χ0) is 13.7. The molecule has 0 fully saturated rings. The molecule has 0 bridgehead atoms. The lowest BCUT2D eigenvalue weighted by molar-refractivity contribution is 0.625. The van der Waals surface area contributed by atoms with Crippen LogP contribution in [0.3, 0.4) is 0 Å². The largest absolute Gasteiger partial charge is 0.313 e. The molecule has 0 heterocycles. The van der Waals surface area contributed by atoms with Crippen molar-refractivity contribution in [2.75, 3.05) is 6.54 Å². The van der Waals surface area contributed by atoms with Crippen molar-refractivity contribution in [2.45, 2.75) is 19.9 Å². The molecule has 0 spiro atoms. The minimum absolute atomic E-state index is 0.204. The Kier molecular flexibility index (Phi) is 5.11. The lowest BCUT2D eigenvalue weighted by Gasteiger charge is -2.12. The van der Waals surface area contributed by atoms with Crippen molar-refractivity contribution in [3.05, 3.63) is 58.3 Å². The summed E-state index contributed by atoms with van der Waals surface area (Å²) >= 11 is 3.53. The smallest absolute Gasteiger partial charge is 0.123 e. The normalized spacial score (nSPS) is 10.7. The van der Waals surface area contributed by atoms with Gasteiger partial charge in [0.2, 0.25) is 0 Å². The summed E-state index contributed by atoms with van der Waals surface area (Å²) in [5.41, 5.74) is 3.08. The Balaban J connectivity index is 2.37. The summed E-state index contributed by atoms with van der Waals surface area (Å²) in [5.74, 6) is -0.204. The molecule has 0 aliphatic rings. The van der Waals surface area contributed by atoms with E-state index in [1.165, 1.54) is 6.07 Å². The van der Waals surface area contributed by atoms with E-state index in [1.807, 2.05) is 30.3 Å². The minimum atomic E-state index is -0.204. The van der Waals surface area contributed by atoms with Crippen LogP contribution in [-0.4, -0.2) is 6.54 Å². The van der Waals surface area contributed by atoms with Crippen LogP contribution in [0.15, 0.2) is 46.9 Å². The first kappa shape index (κ1) is 14.2. The number of halogens is 2. The van der Waals surface area contributed by atoms with Gasteiger partial charge >= 0.3 is 0 Å². The van der Waals surface area contributed by atoms with Crippen LogP contribution in [0.1, 0.15) is 18.9 Å². The predicted molar refractivity (Wildman–Crippen MR) is 81.5 cm³/mol. The molecule has 0 unspecified atom stereocenters. The van der Waals surface area contributed by atoms with E-state index < -0.39 is 0 Å². The minimum Gasteiger partial charge on any atom is -0.313 e. The molecule has 2 aromatic rings. The summed E-state index contributed by atoms with van der Waals surface area (Å²) in [6.07, 6.45) is 1.09. The van der Waals surface area contributed by atoms with Crippen molar-refractivity contribution in [3.8, 4) is 11.1 Å². The quantitative estimate of drug-likeness (QED) is 0.783. The average Bonchev–Trinajstić information content (AvgIpc) is 2.41. The molecule has 1 N–H and O–H groups in total. The molecule has 0 radical (unpaired) electrons. The summed E-state index contributed by atoms with van der Waals surface area (Å²) in [6, 6.07) is 12.9. The van der Waals surface area contributed by atoms with Crippen molar-refractivity contribution in [1.82, 2.24) is 5.32 Å². The van der Waals surface area contributed by atoms with E-state index in [2.05, 4.69) is 28.2 Å². The van der Waals surface area contributed by atoms with Gasteiger partial charge in [0.05, 0.1) is 0 Å². The molecule has 0 aliphatic carbocycles. The van der Waals surface area contributed by atoms with Gasteiger partial charge in [0.25, 0.3) is 0 Å². The van der Waals surface area contributed by atoms with Gasteiger partial charge in [-0.1, -0.05) is 47.1 Å². The summed E-state index contributed by atoms with van der Waals surface area (Å²) in [7, 11) is 0. The zero-order valence-corrected chi connectivity index (χ0v) is 12.5. The number of nitrogens with one attached hydrogen (secondary N) is 1. The third-order valence-electron chi connectivity index (χ3n) is 2.98. The first-order chi connectivity index (χ1) is 9.22. The first-order valence-corrected chi connectivity index (χ1v) is 7.25. The average molecular weight is 322 g/mol. The lowest BCUT2D eigenvalue weighted by Crippen LogP contribution is -2.14. The van der Waals surface area contributed by atoms with E-state index in [0.717, 1.165) is 40.7 Å². The van der Waals surface area contributed by atoms with E-state index in [1.54, 1.807) is 6.07 Å². The third-order valence-corrected chi connectivity index (χ3v) is 3.67. The number of rotatable bonds is 5. The molecular weight excluding hydrogens is 305 g/mol. The molecule has 3 heteroatoms. The summed E-state index contributed by atoms with van der Waals surface area (Å²) in [5, 5.41) is 3.36. The van der Waals surface area contributed by atoms with Gasteiger partial charge < -0.3 is 5.32 Å². The second kappa shape index (κ2) is 6.83. The van der Waals surface area contributed by atoms with Gasteiger partial charge in [0.1, 0.15) is 5.82 Å². The highest BCUT2D eigenvalue weighted by atomic mass is 79.9. The monoisotopic (exact) mass is 321 g/mol. The van der Waals surface area contributed by atoms with E-state index in [4.69, 9.17) is 0 Å². The Bertz CT molecular complexity index is 554. The topological polar surface area (TPSA) is 12.0 Å². The molecule has 0 aromatic heterocycles. The van der Waals surface area contributed by atoms with Gasteiger partial charge in [-0.3, -0.25) is 0 Å². The highest BCUT2D eigenvalue weighted by Crippen LogP contribution is 2.31. The van der Waals surface area contributed by atoms with Crippen molar-refractivity contribution < 1.29 is 4.39 Å². The molecule has 0 saturated heterocycles. The van der Waals surface area contributed by atoms with Crippen molar-refractivity contribution in [1.29, 1.82) is 0 Å². The maximum atomic E-state index is 13.5. The summed E-state index contributed by atoms with van der Waals surface area (Å²) in [6.45, 7) is 3.85. The highest BCUT2D eigenvalue weighted by Gasteiger charge is 2.09. The molecule has 19 heavy (non-hydrogen) atoms. The van der Waals surface area contributed by atoms with Gasteiger partial charge in [0, 0.05) is 11.0 Å². The Hall–Kier alpha value is -1.19. The third kappa shape index (κ3) is 3.64. The molecule has 0 saturated carbocycles. The maximum Gasteiger partial charge on any atom is 0.123 e. The van der Waals surface area contributed by atoms with E-state index in [0.29, 0.717) is 0 Å². The van der Waals surface area contributed by atoms with Gasteiger partial charge in [0.15, 0.2) is 0 Å². The van der Waals surface area contributed by atoms with Crippen molar-refractivity contribution >= 4 is 15.9 Å². The van der Waals surface area contributed by atoms with Crippen molar-refractivity contribution in [2.24, 2.45) is 0 Å². The van der Waals surface area contributed by atoms with E-state index in [9.17, 15) is 4.39 Å². The second-order valence-electron chi connectivity index (χ2n) is 4.46. The Morgan fingerprint density at radius 1 is 1.11 bits per heavy atom. The number of hydrogen-bond acceptors (Lipinski definition) is 1. The Morgan fingerprint density at radius 3 is 2.63 bits per heavy atom. The first-order valence-electron chi connectivity index (χ1n) is 6.46. The number of hydrogen-bond donors (Lipinski definition) is 1. The standard InChI is InChI=1S/C16H17BrFN/c1-2-9-19-11-12-7-8-13(18)10-15(12)14-5-3-4-6-16(14)17/h3-8,10,19H,2,9,11H2,1H3. The zero-order valence-electron chi connectivity index (χ0n) is 10.9. The Labute approximate surface area is 122 Å². The fraction of sp³-hybridized carbons (Fsp3) is 0.250. The number of benzene rings is 2. The predicted octanol–water partition coefficient (Wildman–Crippen LogP) is 4.75. The molecule has 1 nitrogen and oxygen atoms in total. The van der Waals surface area contributed by atoms with Crippen LogP contribution in [0.2, 0.25) is 0 Å². The van der Waals surface area contributed by atoms with Crippen LogP contribution in [0.5, 0.6) is 0 Å². The molecular formula is C16H17BrFN. The molecule has 0 atom stereocenters. The highest BCUT2D eigenvalue weighted by molar-refractivity contribution is 9.10. The van der Waals surface area contributed by atoms with E-state index >= 15 is 0 Å². The van der Waals surface area contributed by atoms with Crippen LogP contribution < -0.4 is 5.32 Å². The SMILES string of the molecule is CCCNCc1ccc(F)cc1-c1ccccc1Br.